The maximum absolute atomic E-state index is 12.7. The summed E-state index contributed by atoms with van der Waals surface area (Å²) in [6.45, 7) is 1.90. The van der Waals surface area contributed by atoms with Crippen LogP contribution in [0, 0.1) is 0 Å². The number of nitrogens with two attached hydrogens (primary N) is 1. The SMILES string of the molecule is CCC(Nc1nc(N)nc(C(F)(F)F)n1)c1ccccc1. The zero-order valence-electron chi connectivity index (χ0n) is 11.2. The van der Waals surface area contributed by atoms with Crippen LogP contribution in [0.1, 0.15) is 30.8 Å². The molecule has 0 saturated carbocycles. The van der Waals surface area contributed by atoms with Gasteiger partial charge in [-0.05, 0) is 12.0 Å². The quantitative estimate of drug-likeness (QED) is 0.907. The smallest absolute Gasteiger partial charge is 0.368 e. The number of nitrogens with zero attached hydrogens (tertiary/aromatic N) is 3. The second kappa shape index (κ2) is 5.94. The number of nitrogen functional groups attached to an aromatic ring is 1. The van der Waals surface area contributed by atoms with Gasteiger partial charge in [0.25, 0.3) is 0 Å². The second-order valence-electron chi connectivity index (χ2n) is 4.35. The predicted octanol–water partition coefficient (Wildman–Crippen LogP) is 3.04. The van der Waals surface area contributed by atoms with Crippen LogP contribution in [0.25, 0.3) is 0 Å². The molecule has 1 aromatic heterocycles. The van der Waals surface area contributed by atoms with Gasteiger partial charge in [-0.1, -0.05) is 37.3 Å². The van der Waals surface area contributed by atoms with Crippen molar-refractivity contribution in [2.45, 2.75) is 25.6 Å². The molecule has 2 rings (SSSR count). The molecule has 0 amide bonds. The molecule has 0 saturated heterocycles. The first-order valence-corrected chi connectivity index (χ1v) is 6.30. The third kappa shape index (κ3) is 3.80. The summed E-state index contributed by atoms with van der Waals surface area (Å²) < 4.78 is 38.0. The van der Waals surface area contributed by atoms with Crippen LogP contribution in [-0.4, -0.2) is 15.0 Å². The molecule has 0 radical (unpaired) electrons. The molecule has 0 spiro atoms. The summed E-state index contributed by atoms with van der Waals surface area (Å²) >= 11 is 0. The van der Waals surface area contributed by atoms with Crippen LogP contribution in [-0.2, 0) is 6.18 Å². The Bertz CT molecular complexity index is 601. The number of halogens is 3. The number of benzene rings is 1. The van der Waals surface area contributed by atoms with E-state index >= 15 is 0 Å². The average molecular weight is 297 g/mol. The Labute approximate surface area is 119 Å². The van der Waals surface area contributed by atoms with Crippen LogP contribution < -0.4 is 11.1 Å². The van der Waals surface area contributed by atoms with E-state index in [1.807, 2.05) is 37.3 Å². The lowest BCUT2D eigenvalue weighted by Crippen LogP contribution is -2.18. The Morgan fingerprint density at radius 1 is 1.14 bits per heavy atom. The van der Waals surface area contributed by atoms with Gasteiger partial charge in [-0.25, -0.2) is 0 Å². The van der Waals surface area contributed by atoms with Crippen LogP contribution in [0.3, 0.4) is 0 Å². The molecule has 2 aromatic rings. The van der Waals surface area contributed by atoms with Crippen molar-refractivity contribution in [3.63, 3.8) is 0 Å². The first kappa shape index (κ1) is 15.0. The summed E-state index contributed by atoms with van der Waals surface area (Å²) in [5.41, 5.74) is 6.23. The van der Waals surface area contributed by atoms with Gasteiger partial charge in [0.1, 0.15) is 0 Å². The Morgan fingerprint density at radius 3 is 2.38 bits per heavy atom. The normalized spacial score (nSPS) is 13.0. The zero-order valence-corrected chi connectivity index (χ0v) is 11.2. The van der Waals surface area contributed by atoms with E-state index in [1.54, 1.807) is 0 Å². The van der Waals surface area contributed by atoms with Crippen molar-refractivity contribution in [3.05, 3.63) is 41.7 Å². The third-order valence-electron chi connectivity index (χ3n) is 2.82. The van der Waals surface area contributed by atoms with Crippen molar-refractivity contribution in [1.82, 2.24) is 15.0 Å². The molecule has 1 aromatic carbocycles. The van der Waals surface area contributed by atoms with E-state index < -0.39 is 17.9 Å². The molecule has 0 bridgehead atoms. The maximum atomic E-state index is 12.7. The largest absolute Gasteiger partial charge is 0.451 e. The summed E-state index contributed by atoms with van der Waals surface area (Å²) in [6, 6.07) is 9.09. The molecule has 112 valence electrons. The van der Waals surface area contributed by atoms with Crippen LogP contribution in [0.15, 0.2) is 30.3 Å². The molecule has 0 aliphatic rings. The van der Waals surface area contributed by atoms with Gasteiger partial charge < -0.3 is 11.1 Å². The Kier molecular flexibility index (Phi) is 4.25. The summed E-state index contributed by atoms with van der Waals surface area (Å²) in [6.07, 6.45) is -4.01. The summed E-state index contributed by atoms with van der Waals surface area (Å²) in [4.78, 5) is 10.2. The minimum atomic E-state index is -4.66. The first-order chi connectivity index (χ1) is 9.90. The van der Waals surface area contributed by atoms with E-state index in [1.165, 1.54) is 0 Å². The van der Waals surface area contributed by atoms with Crippen molar-refractivity contribution in [3.8, 4) is 0 Å². The topological polar surface area (TPSA) is 76.7 Å². The molecule has 1 atom stereocenters. The molecule has 3 N–H and O–H groups in total. The number of rotatable bonds is 4. The monoisotopic (exact) mass is 297 g/mol. The lowest BCUT2D eigenvalue weighted by molar-refractivity contribution is -0.144. The van der Waals surface area contributed by atoms with Gasteiger partial charge in [0.2, 0.25) is 17.7 Å². The fourth-order valence-electron chi connectivity index (χ4n) is 1.85. The van der Waals surface area contributed by atoms with Crippen molar-refractivity contribution in [2.24, 2.45) is 0 Å². The number of alkyl halides is 3. The average Bonchev–Trinajstić information content (AvgIpc) is 2.44. The van der Waals surface area contributed by atoms with E-state index in [4.69, 9.17) is 5.73 Å². The highest BCUT2D eigenvalue weighted by molar-refractivity contribution is 5.35. The van der Waals surface area contributed by atoms with E-state index in [2.05, 4.69) is 20.3 Å². The number of hydrogen-bond donors (Lipinski definition) is 2. The molecular formula is C13H14F3N5. The Morgan fingerprint density at radius 2 is 1.81 bits per heavy atom. The lowest BCUT2D eigenvalue weighted by Gasteiger charge is -2.18. The van der Waals surface area contributed by atoms with E-state index in [0.29, 0.717) is 6.42 Å². The molecule has 21 heavy (non-hydrogen) atoms. The van der Waals surface area contributed by atoms with Crippen molar-refractivity contribution in [2.75, 3.05) is 11.1 Å². The summed E-state index contributed by atoms with van der Waals surface area (Å²) in [5.74, 6) is -1.96. The fraction of sp³-hybridized carbons (Fsp3) is 0.308. The summed E-state index contributed by atoms with van der Waals surface area (Å²) in [5, 5.41) is 2.86. The molecule has 0 fully saturated rings. The van der Waals surface area contributed by atoms with Crippen molar-refractivity contribution < 1.29 is 13.2 Å². The van der Waals surface area contributed by atoms with Crippen LogP contribution in [0.4, 0.5) is 25.1 Å². The van der Waals surface area contributed by atoms with Gasteiger partial charge in [-0.2, -0.15) is 28.1 Å². The van der Waals surface area contributed by atoms with E-state index in [-0.39, 0.29) is 12.0 Å². The Hall–Kier alpha value is -2.38. The first-order valence-electron chi connectivity index (χ1n) is 6.30. The highest BCUT2D eigenvalue weighted by Gasteiger charge is 2.35. The third-order valence-corrected chi connectivity index (χ3v) is 2.82. The van der Waals surface area contributed by atoms with Crippen LogP contribution in [0.2, 0.25) is 0 Å². The van der Waals surface area contributed by atoms with Gasteiger partial charge >= 0.3 is 6.18 Å². The van der Waals surface area contributed by atoms with Crippen LogP contribution >= 0.6 is 0 Å². The lowest BCUT2D eigenvalue weighted by atomic mass is 10.1. The maximum Gasteiger partial charge on any atom is 0.451 e. The molecule has 8 heteroatoms. The van der Waals surface area contributed by atoms with E-state index in [0.717, 1.165) is 5.56 Å². The second-order valence-corrected chi connectivity index (χ2v) is 4.35. The summed E-state index contributed by atoms with van der Waals surface area (Å²) in [7, 11) is 0. The van der Waals surface area contributed by atoms with Gasteiger partial charge in [-0.3, -0.25) is 0 Å². The van der Waals surface area contributed by atoms with Gasteiger partial charge in [0.15, 0.2) is 0 Å². The number of hydrogen-bond acceptors (Lipinski definition) is 5. The molecule has 0 aliphatic heterocycles. The van der Waals surface area contributed by atoms with Crippen molar-refractivity contribution >= 4 is 11.9 Å². The minimum Gasteiger partial charge on any atom is -0.368 e. The molecule has 5 nitrogen and oxygen atoms in total. The number of aromatic nitrogens is 3. The van der Waals surface area contributed by atoms with Crippen LogP contribution in [0.5, 0.6) is 0 Å². The molecule has 0 aliphatic carbocycles. The zero-order chi connectivity index (χ0) is 15.5. The highest BCUT2D eigenvalue weighted by Crippen LogP contribution is 2.28. The standard InChI is InChI=1S/C13H14F3N5/c1-2-9(8-6-4-3-5-7-8)18-12-20-10(13(14,15)16)19-11(17)21-12/h3-7,9H,2H2,1H3,(H3,17,18,19,20,21). The number of nitrogens with one attached hydrogen (secondary N) is 1. The minimum absolute atomic E-state index is 0.189. The van der Waals surface area contributed by atoms with Gasteiger partial charge in [-0.15, -0.1) is 0 Å². The highest BCUT2D eigenvalue weighted by atomic mass is 19.4. The fourth-order valence-corrected chi connectivity index (χ4v) is 1.85. The van der Waals surface area contributed by atoms with Gasteiger partial charge in [0, 0.05) is 0 Å². The molecule has 1 heterocycles. The van der Waals surface area contributed by atoms with E-state index in [9.17, 15) is 13.2 Å². The number of anilines is 2. The predicted molar refractivity (Wildman–Crippen MR) is 72.3 cm³/mol. The van der Waals surface area contributed by atoms with Gasteiger partial charge in [0.05, 0.1) is 6.04 Å². The molecule has 1 unspecified atom stereocenters. The Balaban J connectivity index is 2.28. The molecular weight excluding hydrogens is 283 g/mol. The van der Waals surface area contributed by atoms with Crippen molar-refractivity contribution in [1.29, 1.82) is 0 Å².